The second-order valence-corrected chi connectivity index (χ2v) is 12.8. The number of aromatic nitrogens is 1. The fraction of sp³-hybridized carbons (Fsp3) is 0.432. The van der Waals surface area contributed by atoms with Crippen molar-refractivity contribution >= 4 is 23.6 Å². The zero-order valence-corrected chi connectivity index (χ0v) is 27.1. The summed E-state index contributed by atoms with van der Waals surface area (Å²) in [5.41, 5.74) is 4.19. The lowest BCUT2D eigenvalue weighted by atomic mass is 9.93. The van der Waals surface area contributed by atoms with Crippen molar-refractivity contribution in [1.82, 2.24) is 29.9 Å². The molecule has 3 aromatic rings. The summed E-state index contributed by atoms with van der Waals surface area (Å²) in [7, 11) is 0. The first-order valence-corrected chi connectivity index (χ1v) is 16.8. The van der Waals surface area contributed by atoms with Gasteiger partial charge in [0.05, 0.1) is 17.9 Å². The van der Waals surface area contributed by atoms with Gasteiger partial charge in [0.2, 0.25) is 17.7 Å². The molecule has 0 unspecified atom stereocenters. The second-order valence-electron chi connectivity index (χ2n) is 12.8. The number of hydrogen-bond donors (Lipinski definition) is 1. The molecule has 10 nitrogen and oxygen atoms in total. The van der Waals surface area contributed by atoms with Gasteiger partial charge in [0.1, 0.15) is 0 Å². The molecule has 0 atom stereocenters. The van der Waals surface area contributed by atoms with Crippen molar-refractivity contribution in [3.8, 4) is 22.5 Å². The predicted octanol–water partition coefficient (Wildman–Crippen LogP) is 3.54. The van der Waals surface area contributed by atoms with Gasteiger partial charge in [-0.2, -0.15) is 0 Å². The number of nitrogens with zero attached hydrogens (tertiary/aromatic N) is 5. The minimum Gasteiger partial charge on any atom is -0.347 e. The number of nitrogens with one attached hydrogen (secondary N) is 1. The number of pyridine rings is 1. The molecule has 2 aromatic carbocycles. The van der Waals surface area contributed by atoms with E-state index < -0.39 is 0 Å². The Morgan fingerprint density at radius 3 is 1.74 bits per heavy atom. The zero-order valence-electron chi connectivity index (χ0n) is 27.1. The van der Waals surface area contributed by atoms with Gasteiger partial charge in [0.15, 0.2) is 0 Å². The van der Waals surface area contributed by atoms with Crippen LogP contribution in [-0.4, -0.2) is 113 Å². The molecule has 3 aliphatic heterocycles. The van der Waals surface area contributed by atoms with Gasteiger partial charge < -0.3 is 20.0 Å². The van der Waals surface area contributed by atoms with E-state index in [1.165, 1.54) is 6.92 Å². The average Bonchev–Trinajstić information content (AvgIpc) is 3.14. The predicted molar refractivity (Wildman–Crippen MR) is 180 cm³/mol. The number of piperidine rings is 2. The number of benzene rings is 2. The van der Waals surface area contributed by atoms with Gasteiger partial charge in [-0.3, -0.25) is 24.1 Å². The van der Waals surface area contributed by atoms with E-state index >= 15 is 0 Å². The van der Waals surface area contributed by atoms with E-state index in [0.717, 1.165) is 61.5 Å². The van der Waals surface area contributed by atoms with Gasteiger partial charge in [-0.15, -0.1) is 0 Å². The molecule has 0 aliphatic carbocycles. The Balaban J connectivity index is 1.00. The number of hydrogen-bond acceptors (Lipinski definition) is 6. The summed E-state index contributed by atoms with van der Waals surface area (Å²) in [6.07, 6.45) is 3.19. The van der Waals surface area contributed by atoms with Gasteiger partial charge in [-0.05, 0) is 37.8 Å². The van der Waals surface area contributed by atoms with Crippen molar-refractivity contribution in [3.05, 3.63) is 78.4 Å². The molecule has 0 bridgehead atoms. The van der Waals surface area contributed by atoms with Crippen LogP contribution in [0.5, 0.6) is 0 Å². The Hall–Kier alpha value is -4.57. The zero-order chi connectivity index (χ0) is 32.8. The molecule has 0 saturated carbocycles. The summed E-state index contributed by atoms with van der Waals surface area (Å²) in [6.45, 7) is 6.96. The number of carbonyl (C=O) groups excluding carboxylic acids is 4. The lowest BCUT2D eigenvalue weighted by Gasteiger charge is -2.43. The quantitative estimate of drug-likeness (QED) is 0.426. The molecule has 3 aliphatic rings. The van der Waals surface area contributed by atoms with Crippen LogP contribution >= 0.6 is 0 Å². The number of likely N-dealkylation sites (tertiary alicyclic amines) is 2. The maximum atomic E-state index is 13.8. The van der Waals surface area contributed by atoms with Crippen LogP contribution in [-0.2, 0) is 14.4 Å². The van der Waals surface area contributed by atoms with Gasteiger partial charge in [0.25, 0.3) is 5.91 Å². The van der Waals surface area contributed by atoms with Crippen molar-refractivity contribution < 1.29 is 19.2 Å². The van der Waals surface area contributed by atoms with Crippen molar-refractivity contribution in [2.75, 3.05) is 58.9 Å². The Labute approximate surface area is 276 Å². The average molecular weight is 637 g/mol. The maximum absolute atomic E-state index is 13.8. The van der Waals surface area contributed by atoms with Gasteiger partial charge in [-0.25, -0.2) is 4.98 Å². The molecule has 1 aromatic heterocycles. The van der Waals surface area contributed by atoms with E-state index in [2.05, 4.69) is 10.2 Å². The molecule has 4 heterocycles. The van der Waals surface area contributed by atoms with Crippen LogP contribution in [0.1, 0.15) is 43.0 Å². The van der Waals surface area contributed by atoms with E-state index in [1.807, 2.05) is 82.6 Å². The number of carbonyl (C=O) groups is 4. The van der Waals surface area contributed by atoms with Crippen LogP contribution in [0.4, 0.5) is 0 Å². The lowest BCUT2D eigenvalue weighted by molar-refractivity contribution is -0.141. The highest BCUT2D eigenvalue weighted by molar-refractivity contribution is 5.96. The Morgan fingerprint density at radius 2 is 1.21 bits per heavy atom. The van der Waals surface area contributed by atoms with E-state index in [9.17, 15) is 19.2 Å². The van der Waals surface area contributed by atoms with Crippen LogP contribution in [0.3, 0.4) is 0 Å². The molecule has 246 valence electrons. The highest BCUT2D eigenvalue weighted by Crippen LogP contribution is 2.27. The summed E-state index contributed by atoms with van der Waals surface area (Å²) in [5.74, 6) is -0.130. The first-order valence-electron chi connectivity index (χ1n) is 16.8. The highest BCUT2D eigenvalue weighted by Gasteiger charge is 2.34. The van der Waals surface area contributed by atoms with Crippen LogP contribution in [0.15, 0.2) is 72.8 Å². The molecule has 4 amide bonds. The van der Waals surface area contributed by atoms with Gasteiger partial charge in [-0.1, -0.05) is 60.7 Å². The van der Waals surface area contributed by atoms with E-state index in [1.54, 1.807) is 4.90 Å². The first-order chi connectivity index (χ1) is 22.9. The SMILES string of the molecule is CC(=O)NCC(=O)N1CCC(C(=O)N2CCC(N3CCN(C(=O)c4cc(-c5ccccc5)nc(-c5ccccc5)c4)CC3)CC2)CC1. The Morgan fingerprint density at radius 1 is 0.681 bits per heavy atom. The summed E-state index contributed by atoms with van der Waals surface area (Å²) in [4.78, 5) is 63.7. The molecule has 3 saturated heterocycles. The van der Waals surface area contributed by atoms with Crippen molar-refractivity contribution in [3.63, 3.8) is 0 Å². The smallest absolute Gasteiger partial charge is 0.254 e. The molecule has 6 rings (SSSR count). The molecule has 3 fully saturated rings. The van der Waals surface area contributed by atoms with Crippen molar-refractivity contribution in [1.29, 1.82) is 0 Å². The fourth-order valence-corrected chi connectivity index (χ4v) is 7.04. The third kappa shape index (κ3) is 7.88. The third-order valence-electron chi connectivity index (χ3n) is 9.79. The van der Waals surface area contributed by atoms with E-state index in [-0.39, 0.29) is 36.1 Å². The molecule has 47 heavy (non-hydrogen) atoms. The largest absolute Gasteiger partial charge is 0.347 e. The second kappa shape index (κ2) is 14.9. The lowest BCUT2D eigenvalue weighted by Crippen LogP contribution is -2.55. The number of rotatable bonds is 7. The van der Waals surface area contributed by atoms with Gasteiger partial charge in [0, 0.05) is 87.9 Å². The molecule has 10 heteroatoms. The molecular formula is C37H44N6O4. The summed E-state index contributed by atoms with van der Waals surface area (Å²) < 4.78 is 0. The first kappa shape index (κ1) is 32.4. The minimum atomic E-state index is -0.220. The highest BCUT2D eigenvalue weighted by atomic mass is 16.2. The summed E-state index contributed by atoms with van der Waals surface area (Å²) in [6, 6.07) is 24.2. The molecule has 0 spiro atoms. The summed E-state index contributed by atoms with van der Waals surface area (Å²) >= 11 is 0. The van der Waals surface area contributed by atoms with Crippen LogP contribution in [0.2, 0.25) is 0 Å². The Bertz CT molecular complexity index is 1500. The number of amides is 4. The summed E-state index contributed by atoms with van der Waals surface area (Å²) in [5, 5.41) is 2.56. The molecule has 1 N–H and O–H groups in total. The minimum absolute atomic E-state index is 0.0119. The van der Waals surface area contributed by atoms with Crippen LogP contribution in [0, 0.1) is 5.92 Å². The topological polar surface area (TPSA) is 106 Å². The molecular weight excluding hydrogens is 592 g/mol. The Kier molecular flexibility index (Phi) is 10.3. The fourth-order valence-electron chi connectivity index (χ4n) is 7.04. The molecule has 0 radical (unpaired) electrons. The van der Waals surface area contributed by atoms with E-state index in [0.29, 0.717) is 50.6 Å². The number of piperazine rings is 1. The maximum Gasteiger partial charge on any atom is 0.254 e. The van der Waals surface area contributed by atoms with Crippen molar-refractivity contribution in [2.45, 2.75) is 38.6 Å². The van der Waals surface area contributed by atoms with Gasteiger partial charge >= 0.3 is 0 Å². The van der Waals surface area contributed by atoms with Crippen molar-refractivity contribution in [2.24, 2.45) is 5.92 Å². The third-order valence-corrected chi connectivity index (χ3v) is 9.79. The standard InChI is InChI=1S/C37H44N6O4/c1-27(44)38-26-35(45)41-16-12-30(13-17-41)36(46)42-18-14-32(15-19-42)40-20-22-43(23-21-40)37(47)31-24-33(28-8-4-2-5-9-28)39-34(25-31)29-10-6-3-7-11-29/h2-11,24-25,30,32H,12-23,26H2,1H3,(H,38,44). The normalized spacial score (nSPS) is 18.2. The monoisotopic (exact) mass is 636 g/mol. The van der Waals surface area contributed by atoms with E-state index in [4.69, 9.17) is 4.98 Å². The van der Waals surface area contributed by atoms with Crippen LogP contribution in [0.25, 0.3) is 22.5 Å². The van der Waals surface area contributed by atoms with Crippen LogP contribution < -0.4 is 5.32 Å².